The van der Waals surface area contributed by atoms with Gasteiger partial charge in [-0.05, 0) is 62.1 Å². The Kier molecular flexibility index (Phi) is 6.45. The lowest BCUT2D eigenvalue weighted by Gasteiger charge is -2.31. The summed E-state index contributed by atoms with van der Waals surface area (Å²) in [6, 6.07) is 10.0. The molecule has 1 aliphatic heterocycles. The maximum Gasteiger partial charge on any atom is 0.226 e. The Balaban J connectivity index is 1.32. The highest BCUT2D eigenvalue weighted by Crippen LogP contribution is 2.28. The molecule has 0 radical (unpaired) electrons. The molecule has 6 nitrogen and oxygen atoms in total. The minimum atomic E-state index is 0.303. The van der Waals surface area contributed by atoms with Crippen LogP contribution in [0.25, 0.3) is 11.5 Å². The fraction of sp³-hybridized carbons (Fsp3) is 0.417. The fourth-order valence-corrected chi connectivity index (χ4v) is 3.85. The van der Waals surface area contributed by atoms with Crippen LogP contribution in [0.2, 0.25) is 0 Å². The first kappa shape index (κ1) is 20.6. The largest absolute Gasteiger partial charge is 0.496 e. The number of ether oxygens (including phenoxy) is 2. The first-order valence-electron chi connectivity index (χ1n) is 10.5. The first-order valence-corrected chi connectivity index (χ1v) is 10.5. The molecule has 0 bridgehead atoms. The van der Waals surface area contributed by atoms with Gasteiger partial charge in [-0.3, -0.25) is 9.88 Å². The SMILES string of the molecule is COc1ccc(-c2nc(CN3CCC(OCc4cccnc4)CC3)c(C)o2)cc1C. The molecular formula is C24H29N3O3. The quantitative estimate of drug-likeness (QED) is 0.573. The van der Waals surface area contributed by atoms with Gasteiger partial charge in [0, 0.05) is 37.6 Å². The summed E-state index contributed by atoms with van der Waals surface area (Å²) in [6.07, 6.45) is 6.01. The molecule has 1 aromatic carbocycles. The van der Waals surface area contributed by atoms with Crippen molar-refractivity contribution in [3.63, 3.8) is 0 Å². The van der Waals surface area contributed by atoms with Gasteiger partial charge < -0.3 is 13.9 Å². The molecule has 0 spiro atoms. The number of aromatic nitrogens is 2. The second-order valence-corrected chi connectivity index (χ2v) is 7.85. The number of rotatable bonds is 7. The topological polar surface area (TPSA) is 60.6 Å². The Morgan fingerprint density at radius 2 is 2.00 bits per heavy atom. The fourth-order valence-electron chi connectivity index (χ4n) is 3.85. The van der Waals surface area contributed by atoms with Gasteiger partial charge in [-0.15, -0.1) is 0 Å². The molecule has 0 amide bonds. The van der Waals surface area contributed by atoms with E-state index in [1.54, 1.807) is 13.3 Å². The van der Waals surface area contributed by atoms with Gasteiger partial charge in [-0.2, -0.15) is 0 Å². The molecular weight excluding hydrogens is 378 g/mol. The predicted octanol–water partition coefficient (Wildman–Crippen LogP) is 4.54. The molecule has 2 aromatic heterocycles. The number of benzene rings is 1. The van der Waals surface area contributed by atoms with Crippen LogP contribution in [0, 0.1) is 13.8 Å². The van der Waals surface area contributed by atoms with Crippen molar-refractivity contribution in [3.8, 4) is 17.2 Å². The van der Waals surface area contributed by atoms with Crippen LogP contribution >= 0.6 is 0 Å². The van der Waals surface area contributed by atoms with Crippen molar-refractivity contribution in [2.24, 2.45) is 0 Å². The third kappa shape index (κ3) is 4.89. The Labute approximate surface area is 177 Å². The van der Waals surface area contributed by atoms with Crippen LogP contribution in [0.15, 0.2) is 47.1 Å². The highest BCUT2D eigenvalue weighted by Gasteiger charge is 2.22. The summed E-state index contributed by atoms with van der Waals surface area (Å²) in [6.45, 7) is 7.46. The lowest BCUT2D eigenvalue weighted by Crippen LogP contribution is -2.36. The van der Waals surface area contributed by atoms with Crippen LogP contribution in [0.5, 0.6) is 5.75 Å². The highest BCUT2D eigenvalue weighted by molar-refractivity contribution is 5.57. The van der Waals surface area contributed by atoms with E-state index < -0.39 is 0 Å². The van der Waals surface area contributed by atoms with Crippen molar-refractivity contribution in [3.05, 3.63) is 65.3 Å². The molecule has 0 N–H and O–H groups in total. The van der Waals surface area contributed by atoms with E-state index in [1.807, 2.05) is 38.2 Å². The standard InChI is InChI=1S/C24H29N3O3/c1-17-13-20(6-7-23(17)28-3)24-26-22(18(2)30-24)15-27-11-8-21(9-12-27)29-16-19-5-4-10-25-14-19/h4-7,10,13-14,21H,8-9,11-12,15-16H2,1-3H3. The van der Waals surface area contributed by atoms with E-state index in [4.69, 9.17) is 18.9 Å². The summed E-state index contributed by atoms with van der Waals surface area (Å²) in [5.41, 5.74) is 4.18. The van der Waals surface area contributed by atoms with Gasteiger partial charge in [0.05, 0.1) is 25.5 Å². The lowest BCUT2D eigenvalue weighted by atomic mass is 10.1. The summed E-state index contributed by atoms with van der Waals surface area (Å²) in [5, 5.41) is 0. The van der Waals surface area contributed by atoms with E-state index in [0.717, 1.165) is 66.4 Å². The molecule has 3 heterocycles. The molecule has 158 valence electrons. The van der Waals surface area contributed by atoms with Crippen molar-refractivity contribution >= 4 is 0 Å². The number of aryl methyl sites for hydroxylation is 2. The molecule has 0 unspecified atom stereocenters. The number of hydrogen-bond donors (Lipinski definition) is 0. The van der Waals surface area contributed by atoms with Crippen molar-refractivity contribution < 1.29 is 13.9 Å². The third-order valence-corrected chi connectivity index (χ3v) is 5.65. The van der Waals surface area contributed by atoms with Crippen LogP contribution in [0.3, 0.4) is 0 Å². The van der Waals surface area contributed by atoms with E-state index in [-0.39, 0.29) is 0 Å². The summed E-state index contributed by atoms with van der Waals surface area (Å²) < 4.78 is 17.4. The normalized spacial score (nSPS) is 15.4. The zero-order valence-corrected chi connectivity index (χ0v) is 17.9. The molecule has 3 aromatic rings. The minimum Gasteiger partial charge on any atom is -0.496 e. The van der Waals surface area contributed by atoms with E-state index in [1.165, 1.54) is 0 Å². The average molecular weight is 408 g/mol. The summed E-state index contributed by atoms with van der Waals surface area (Å²) >= 11 is 0. The Morgan fingerprint density at radius 1 is 1.17 bits per heavy atom. The summed E-state index contributed by atoms with van der Waals surface area (Å²) in [4.78, 5) is 11.3. The van der Waals surface area contributed by atoms with Gasteiger partial charge in [0.25, 0.3) is 0 Å². The van der Waals surface area contributed by atoms with Gasteiger partial charge in [-0.1, -0.05) is 6.07 Å². The number of likely N-dealkylation sites (tertiary alicyclic amines) is 1. The summed E-state index contributed by atoms with van der Waals surface area (Å²) in [5.74, 6) is 2.42. The molecule has 1 saturated heterocycles. The van der Waals surface area contributed by atoms with E-state index in [0.29, 0.717) is 18.6 Å². The molecule has 6 heteroatoms. The maximum atomic E-state index is 6.07. The maximum absolute atomic E-state index is 6.07. The molecule has 1 aliphatic rings. The van der Waals surface area contributed by atoms with E-state index in [2.05, 4.69) is 22.0 Å². The molecule has 30 heavy (non-hydrogen) atoms. The predicted molar refractivity (Wildman–Crippen MR) is 115 cm³/mol. The van der Waals surface area contributed by atoms with E-state index in [9.17, 15) is 0 Å². The van der Waals surface area contributed by atoms with Crippen LogP contribution in [0.1, 0.15) is 35.4 Å². The second kappa shape index (κ2) is 9.41. The Hall–Kier alpha value is -2.70. The zero-order valence-electron chi connectivity index (χ0n) is 17.9. The van der Waals surface area contributed by atoms with Gasteiger partial charge >= 0.3 is 0 Å². The monoisotopic (exact) mass is 407 g/mol. The summed E-state index contributed by atoms with van der Waals surface area (Å²) in [7, 11) is 1.68. The molecule has 1 fully saturated rings. The lowest BCUT2D eigenvalue weighted by molar-refractivity contribution is -0.00427. The van der Waals surface area contributed by atoms with E-state index >= 15 is 0 Å². The molecule has 4 rings (SSSR count). The van der Waals surface area contributed by atoms with Crippen molar-refractivity contribution in [2.75, 3.05) is 20.2 Å². The highest BCUT2D eigenvalue weighted by atomic mass is 16.5. The van der Waals surface area contributed by atoms with Gasteiger partial charge in [-0.25, -0.2) is 4.98 Å². The average Bonchev–Trinajstić information content (AvgIpc) is 3.14. The number of pyridine rings is 1. The van der Waals surface area contributed by atoms with Crippen molar-refractivity contribution in [1.82, 2.24) is 14.9 Å². The number of oxazole rings is 1. The minimum absolute atomic E-state index is 0.303. The van der Waals surface area contributed by atoms with Crippen molar-refractivity contribution in [2.45, 2.75) is 45.9 Å². The molecule has 0 atom stereocenters. The van der Waals surface area contributed by atoms with Crippen molar-refractivity contribution in [1.29, 1.82) is 0 Å². The van der Waals surface area contributed by atoms with Crippen LogP contribution in [-0.2, 0) is 17.9 Å². The van der Waals surface area contributed by atoms with Crippen LogP contribution in [0.4, 0.5) is 0 Å². The van der Waals surface area contributed by atoms with Crippen LogP contribution in [-0.4, -0.2) is 41.2 Å². The molecule has 0 saturated carbocycles. The Bertz CT molecular complexity index is 963. The second-order valence-electron chi connectivity index (χ2n) is 7.85. The van der Waals surface area contributed by atoms with Gasteiger partial charge in [0.15, 0.2) is 0 Å². The number of nitrogens with zero attached hydrogens (tertiary/aromatic N) is 3. The van der Waals surface area contributed by atoms with Gasteiger partial charge in [0.2, 0.25) is 5.89 Å². The first-order chi connectivity index (χ1) is 14.6. The van der Waals surface area contributed by atoms with Gasteiger partial charge in [0.1, 0.15) is 11.5 Å². The molecule has 0 aliphatic carbocycles. The Morgan fingerprint density at radius 3 is 2.70 bits per heavy atom. The number of hydrogen-bond acceptors (Lipinski definition) is 6. The third-order valence-electron chi connectivity index (χ3n) is 5.65. The smallest absolute Gasteiger partial charge is 0.226 e. The number of methoxy groups -OCH3 is 1. The van der Waals surface area contributed by atoms with Crippen LogP contribution < -0.4 is 4.74 Å². The zero-order chi connectivity index (χ0) is 20.9. The number of piperidine rings is 1.